The molecule has 4 rings (SSSR count). The molecule has 6 nitrogen and oxygen atoms in total. The number of aliphatic hydroxyl groups excluding tert-OH is 1. The van der Waals surface area contributed by atoms with Gasteiger partial charge in [-0.1, -0.05) is 6.92 Å². The van der Waals surface area contributed by atoms with Gasteiger partial charge in [-0.2, -0.15) is 0 Å². The van der Waals surface area contributed by atoms with Gasteiger partial charge < -0.3 is 14.6 Å². The topological polar surface area (TPSA) is 89.9 Å². The van der Waals surface area contributed by atoms with Crippen LogP contribution in [0.3, 0.4) is 0 Å². The Hall–Kier alpha value is -1.50. The maximum atomic E-state index is 15.5. The number of hydrogen-bond acceptors (Lipinski definition) is 6. The fourth-order valence-electron chi connectivity index (χ4n) is 8.12. The number of carbonyl (C=O) groups excluding carboxylic acids is 3. The predicted octanol–water partition coefficient (Wildman–Crippen LogP) is 3.24. The quantitative estimate of drug-likeness (QED) is 0.678. The first-order valence-electron chi connectivity index (χ1n) is 11.8. The molecular weight excluding hydrogens is 403 g/mol. The van der Waals surface area contributed by atoms with Gasteiger partial charge in [0.1, 0.15) is 25.0 Å². The predicted molar refractivity (Wildman–Crippen MR) is 109 cm³/mol. The average Bonchev–Trinajstić information content (AvgIpc) is 3.03. The second-order valence-electron chi connectivity index (χ2n) is 10.6. The van der Waals surface area contributed by atoms with Crippen LogP contribution >= 0.6 is 0 Å². The Morgan fingerprint density at radius 3 is 2.32 bits per heavy atom. The number of ether oxygens (including phenoxy) is 2. The molecule has 10 atom stereocenters. The van der Waals surface area contributed by atoms with E-state index in [-0.39, 0.29) is 70.9 Å². The van der Waals surface area contributed by atoms with Crippen LogP contribution in [-0.2, 0) is 23.9 Å². The van der Waals surface area contributed by atoms with Crippen LogP contribution in [0.15, 0.2) is 0 Å². The van der Waals surface area contributed by atoms with Crippen LogP contribution in [0, 0.1) is 40.9 Å². The first kappa shape index (κ1) is 22.7. The third-order valence-corrected chi connectivity index (χ3v) is 9.05. The second-order valence-corrected chi connectivity index (χ2v) is 10.6. The molecule has 4 aliphatic carbocycles. The molecule has 4 aliphatic rings. The van der Waals surface area contributed by atoms with E-state index in [0.29, 0.717) is 32.1 Å². The normalized spacial score (nSPS) is 46.3. The molecule has 0 aromatic carbocycles. The van der Waals surface area contributed by atoms with Gasteiger partial charge in [-0.15, -0.1) is 0 Å². The molecular formula is C24H35FO6. The van der Waals surface area contributed by atoms with Crippen molar-refractivity contribution in [3.8, 4) is 0 Å². The van der Waals surface area contributed by atoms with E-state index in [1.165, 1.54) is 13.8 Å². The summed E-state index contributed by atoms with van der Waals surface area (Å²) in [5.41, 5.74) is -0.386. The van der Waals surface area contributed by atoms with E-state index in [4.69, 9.17) is 9.47 Å². The van der Waals surface area contributed by atoms with Crippen LogP contribution in [-0.4, -0.2) is 47.8 Å². The van der Waals surface area contributed by atoms with Crippen LogP contribution in [0.1, 0.15) is 65.7 Å². The summed E-state index contributed by atoms with van der Waals surface area (Å²) in [6, 6.07) is 0. The largest absolute Gasteiger partial charge is 0.463 e. The van der Waals surface area contributed by atoms with Crippen molar-refractivity contribution in [3.63, 3.8) is 0 Å². The van der Waals surface area contributed by atoms with Crippen LogP contribution in [0.25, 0.3) is 0 Å². The summed E-state index contributed by atoms with van der Waals surface area (Å²) >= 11 is 0. The number of fused-ring (bicyclic) bond motifs is 5. The molecule has 0 unspecified atom stereocenters. The maximum Gasteiger partial charge on any atom is 0.302 e. The second kappa shape index (κ2) is 8.45. The minimum Gasteiger partial charge on any atom is -0.463 e. The number of hydrogen-bond donors (Lipinski definition) is 1. The van der Waals surface area contributed by atoms with E-state index in [1.54, 1.807) is 0 Å². The molecule has 0 aromatic heterocycles. The van der Waals surface area contributed by atoms with Gasteiger partial charge in [-0.3, -0.25) is 14.4 Å². The van der Waals surface area contributed by atoms with Crippen molar-refractivity contribution in [2.45, 2.75) is 84.1 Å². The summed E-state index contributed by atoms with van der Waals surface area (Å²) < 4.78 is 26.8. The molecule has 0 spiro atoms. The number of alkyl halides is 1. The molecule has 1 N–H and O–H groups in total. The molecule has 7 heteroatoms. The Kier molecular flexibility index (Phi) is 6.18. The van der Waals surface area contributed by atoms with Crippen LogP contribution in [0.2, 0.25) is 0 Å². The molecule has 0 amide bonds. The molecule has 174 valence electrons. The van der Waals surface area contributed by atoms with Gasteiger partial charge in [0, 0.05) is 25.7 Å². The lowest BCUT2D eigenvalue weighted by molar-refractivity contribution is -0.188. The molecule has 0 aliphatic heterocycles. The number of rotatable bonds is 4. The van der Waals surface area contributed by atoms with Crippen LogP contribution in [0.5, 0.6) is 0 Å². The lowest BCUT2D eigenvalue weighted by atomic mass is 9.48. The molecule has 4 saturated carbocycles. The monoisotopic (exact) mass is 438 g/mol. The average molecular weight is 439 g/mol. The van der Waals surface area contributed by atoms with Crippen molar-refractivity contribution in [2.75, 3.05) is 6.61 Å². The van der Waals surface area contributed by atoms with Crippen LogP contribution < -0.4 is 0 Å². The maximum absolute atomic E-state index is 15.5. The third kappa shape index (κ3) is 3.91. The van der Waals surface area contributed by atoms with Gasteiger partial charge in [0.25, 0.3) is 0 Å². The highest BCUT2D eigenvalue weighted by Gasteiger charge is 2.63. The van der Waals surface area contributed by atoms with Crippen molar-refractivity contribution in [3.05, 3.63) is 0 Å². The van der Waals surface area contributed by atoms with Gasteiger partial charge >= 0.3 is 11.9 Å². The van der Waals surface area contributed by atoms with Crippen molar-refractivity contribution < 1.29 is 33.4 Å². The fourth-order valence-corrected chi connectivity index (χ4v) is 8.12. The van der Waals surface area contributed by atoms with E-state index in [0.717, 1.165) is 12.8 Å². The number of aliphatic hydroxyl groups is 1. The minimum absolute atomic E-state index is 0.0566. The summed E-state index contributed by atoms with van der Waals surface area (Å²) in [5.74, 6) is -0.892. The summed E-state index contributed by atoms with van der Waals surface area (Å²) in [4.78, 5) is 35.9. The Labute approximate surface area is 183 Å². The summed E-state index contributed by atoms with van der Waals surface area (Å²) in [6.07, 6.45) is 2.94. The Morgan fingerprint density at radius 1 is 0.968 bits per heavy atom. The molecule has 0 radical (unpaired) electrons. The van der Waals surface area contributed by atoms with Gasteiger partial charge in [0.15, 0.2) is 5.78 Å². The first-order valence-corrected chi connectivity index (χ1v) is 11.8. The van der Waals surface area contributed by atoms with Crippen molar-refractivity contribution in [2.24, 2.45) is 40.9 Å². The summed E-state index contributed by atoms with van der Waals surface area (Å²) in [7, 11) is 0. The summed E-state index contributed by atoms with van der Waals surface area (Å²) in [5, 5.41) is 9.50. The number of halogens is 1. The highest BCUT2D eigenvalue weighted by molar-refractivity contribution is 5.83. The first-order chi connectivity index (χ1) is 14.7. The SMILES string of the molecule is CC(=O)O[C@@H]1CC[C@H]2[C@@H](C1)[C@@H](F)C[C@@H]1[C@@H]2[C@H](OC(C)=O)C[C@]2(C)[C@@H](C(=O)CO)CC[C@@H]12. The van der Waals surface area contributed by atoms with E-state index >= 15 is 4.39 Å². The van der Waals surface area contributed by atoms with Gasteiger partial charge in [-0.05, 0) is 74.0 Å². The molecule has 0 saturated heterocycles. The summed E-state index contributed by atoms with van der Waals surface area (Å²) in [6.45, 7) is 4.39. The fraction of sp³-hybridized carbons (Fsp3) is 0.875. The Bertz CT molecular complexity index is 740. The van der Waals surface area contributed by atoms with Gasteiger partial charge in [0.2, 0.25) is 0 Å². The number of ketones is 1. The van der Waals surface area contributed by atoms with Crippen LogP contribution in [0.4, 0.5) is 4.39 Å². The Balaban J connectivity index is 1.64. The van der Waals surface area contributed by atoms with Crippen molar-refractivity contribution >= 4 is 17.7 Å². The van der Waals surface area contributed by atoms with E-state index < -0.39 is 12.8 Å². The highest BCUT2D eigenvalue weighted by atomic mass is 19.1. The smallest absolute Gasteiger partial charge is 0.302 e. The number of esters is 2. The zero-order chi connectivity index (χ0) is 22.5. The van der Waals surface area contributed by atoms with Gasteiger partial charge in [-0.25, -0.2) is 4.39 Å². The van der Waals surface area contributed by atoms with Crippen molar-refractivity contribution in [1.29, 1.82) is 0 Å². The van der Waals surface area contributed by atoms with E-state index in [2.05, 4.69) is 6.92 Å². The zero-order valence-electron chi connectivity index (χ0n) is 18.7. The lowest BCUT2D eigenvalue weighted by Gasteiger charge is -2.58. The van der Waals surface area contributed by atoms with E-state index in [9.17, 15) is 19.5 Å². The third-order valence-electron chi connectivity index (χ3n) is 9.05. The zero-order valence-corrected chi connectivity index (χ0v) is 18.7. The molecule has 0 bridgehead atoms. The molecule has 0 heterocycles. The lowest BCUT2D eigenvalue weighted by Crippen LogP contribution is -2.58. The highest BCUT2D eigenvalue weighted by Crippen LogP contribution is 2.65. The number of carbonyl (C=O) groups is 3. The standard InChI is InChI=1S/C24H35FO6/c1-12(27)30-14-4-5-15-16(8-14)20(25)9-17-18-6-7-19(21(29)11-26)24(18,3)10-22(23(15)17)31-13(2)28/h14-20,22-23,26H,4-11H2,1-3H3/t14-,15+,16-,17+,18+,19-,20+,22-,23-,24+/m1/s1. The minimum atomic E-state index is -0.988. The number of Topliss-reactive ketones (excluding diaryl/α,β-unsaturated/α-hetero) is 1. The molecule has 31 heavy (non-hydrogen) atoms. The van der Waals surface area contributed by atoms with Gasteiger partial charge in [0.05, 0.1) is 0 Å². The van der Waals surface area contributed by atoms with Crippen molar-refractivity contribution in [1.82, 2.24) is 0 Å². The van der Waals surface area contributed by atoms with E-state index in [1.807, 2.05) is 0 Å². The Morgan fingerprint density at radius 2 is 1.68 bits per heavy atom. The molecule has 4 fully saturated rings. The molecule has 0 aromatic rings.